The molecule has 33 heavy (non-hydrogen) atoms. The zero-order valence-electron chi connectivity index (χ0n) is 19.4. The number of hydrogen-bond donors (Lipinski definition) is 1. The predicted octanol–water partition coefficient (Wildman–Crippen LogP) is 3.18. The summed E-state index contributed by atoms with van der Waals surface area (Å²) in [5.74, 6) is 0.458. The topological polar surface area (TPSA) is 87.1 Å². The van der Waals surface area contributed by atoms with E-state index in [1.54, 1.807) is 12.4 Å². The second kappa shape index (κ2) is 9.09. The molecule has 2 fully saturated rings. The second-order valence-electron chi connectivity index (χ2n) is 9.65. The van der Waals surface area contributed by atoms with Crippen LogP contribution in [0.2, 0.25) is 0 Å². The Hall–Kier alpha value is -3.00. The summed E-state index contributed by atoms with van der Waals surface area (Å²) in [7, 11) is 0. The van der Waals surface area contributed by atoms with Gasteiger partial charge in [-0.15, -0.1) is 0 Å². The maximum absolute atomic E-state index is 12.8. The molecule has 2 saturated heterocycles. The van der Waals surface area contributed by atoms with Crippen molar-refractivity contribution in [2.75, 3.05) is 26.2 Å². The Morgan fingerprint density at radius 1 is 1.00 bits per heavy atom. The van der Waals surface area contributed by atoms with Crippen LogP contribution in [-0.2, 0) is 0 Å². The van der Waals surface area contributed by atoms with E-state index in [0.29, 0.717) is 17.5 Å². The Bertz CT molecular complexity index is 1170. The number of aromatic nitrogens is 4. The molecule has 0 unspecified atom stereocenters. The third-order valence-electron chi connectivity index (χ3n) is 7.35. The fourth-order valence-electron chi connectivity index (χ4n) is 5.41. The van der Waals surface area contributed by atoms with Crippen molar-refractivity contribution < 1.29 is 4.79 Å². The summed E-state index contributed by atoms with van der Waals surface area (Å²) < 4.78 is 1.97. The summed E-state index contributed by atoms with van der Waals surface area (Å²) in [4.78, 5) is 40.9. The average Bonchev–Trinajstić information content (AvgIpc) is 3.19. The quantitative estimate of drug-likeness (QED) is 0.662. The highest BCUT2D eigenvalue weighted by Crippen LogP contribution is 2.29. The molecule has 8 heteroatoms. The lowest BCUT2D eigenvalue weighted by molar-refractivity contribution is 0.0557. The van der Waals surface area contributed by atoms with Crippen LogP contribution in [0.3, 0.4) is 0 Å². The van der Waals surface area contributed by atoms with Gasteiger partial charge in [0.15, 0.2) is 0 Å². The average molecular weight is 449 g/mol. The number of nitrogens with zero attached hydrogens (tertiary/aromatic N) is 5. The number of H-pyrrole nitrogens is 1. The summed E-state index contributed by atoms with van der Waals surface area (Å²) in [6, 6.07) is 7.08. The van der Waals surface area contributed by atoms with Gasteiger partial charge in [-0.25, -0.2) is 14.8 Å². The molecule has 1 N–H and O–H groups in total. The van der Waals surface area contributed by atoms with Crippen LogP contribution >= 0.6 is 0 Å². The molecule has 174 valence electrons. The van der Waals surface area contributed by atoms with Gasteiger partial charge < -0.3 is 14.8 Å². The van der Waals surface area contributed by atoms with Gasteiger partial charge in [0, 0.05) is 50.7 Å². The minimum Gasteiger partial charge on any atom is -0.338 e. The molecule has 1 amide bonds. The van der Waals surface area contributed by atoms with Crippen LogP contribution in [0.15, 0.2) is 41.7 Å². The number of amides is 1. The molecule has 2 aliphatic heterocycles. The van der Waals surface area contributed by atoms with E-state index >= 15 is 0 Å². The Labute approximate surface area is 193 Å². The first-order valence-electron chi connectivity index (χ1n) is 12.0. The van der Waals surface area contributed by atoms with Crippen LogP contribution in [0.1, 0.15) is 67.4 Å². The van der Waals surface area contributed by atoms with Gasteiger partial charge in [0.25, 0.3) is 5.91 Å². The number of carbonyl (C=O) groups excluding carboxylic acids is 1. The standard InChI is InChI=1S/C25H32N6O2/c1-17(2)18-3-4-23-22(13-18)28-25(33)31(23)21-7-9-29(10-8-21)20-5-11-30(12-6-20)24(32)19-14-26-16-27-15-19/h3-4,13-17,20-21H,5-12H2,1-2H3,(H,28,33). The number of imidazole rings is 1. The van der Waals surface area contributed by atoms with Crippen LogP contribution in [0.4, 0.5) is 0 Å². The third kappa shape index (κ3) is 4.31. The lowest BCUT2D eigenvalue weighted by Gasteiger charge is -2.42. The van der Waals surface area contributed by atoms with Crippen LogP contribution in [-0.4, -0.2) is 67.4 Å². The van der Waals surface area contributed by atoms with Gasteiger partial charge in [-0.1, -0.05) is 19.9 Å². The monoisotopic (exact) mass is 448 g/mol. The van der Waals surface area contributed by atoms with Crippen molar-refractivity contribution in [1.82, 2.24) is 29.3 Å². The van der Waals surface area contributed by atoms with E-state index in [0.717, 1.165) is 62.9 Å². The highest BCUT2D eigenvalue weighted by Gasteiger charge is 2.31. The van der Waals surface area contributed by atoms with E-state index in [9.17, 15) is 9.59 Å². The first-order chi connectivity index (χ1) is 16.0. The van der Waals surface area contributed by atoms with Crippen molar-refractivity contribution in [2.45, 2.75) is 57.5 Å². The molecule has 3 aromatic rings. The number of likely N-dealkylation sites (tertiary alicyclic amines) is 2. The van der Waals surface area contributed by atoms with E-state index in [-0.39, 0.29) is 17.6 Å². The maximum Gasteiger partial charge on any atom is 0.326 e. The Morgan fingerprint density at radius 3 is 2.33 bits per heavy atom. The van der Waals surface area contributed by atoms with E-state index < -0.39 is 0 Å². The zero-order valence-corrected chi connectivity index (χ0v) is 19.4. The van der Waals surface area contributed by atoms with Crippen molar-refractivity contribution in [3.05, 3.63) is 58.5 Å². The van der Waals surface area contributed by atoms with Crippen molar-refractivity contribution >= 4 is 16.9 Å². The fourth-order valence-corrected chi connectivity index (χ4v) is 5.41. The number of piperidine rings is 2. The number of benzene rings is 1. The molecular formula is C25H32N6O2. The summed E-state index contributed by atoms with van der Waals surface area (Å²) in [5, 5.41) is 0. The van der Waals surface area contributed by atoms with Gasteiger partial charge in [-0.05, 0) is 49.3 Å². The van der Waals surface area contributed by atoms with Crippen molar-refractivity contribution in [2.24, 2.45) is 0 Å². The molecule has 0 atom stereocenters. The molecule has 8 nitrogen and oxygen atoms in total. The number of hydrogen-bond acceptors (Lipinski definition) is 5. The smallest absolute Gasteiger partial charge is 0.326 e. The lowest BCUT2D eigenvalue weighted by atomic mass is 9.97. The largest absolute Gasteiger partial charge is 0.338 e. The predicted molar refractivity (Wildman–Crippen MR) is 127 cm³/mol. The van der Waals surface area contributed by atoms with E-state index in [4.69, 9.17) is 0 Å². The number of aromatic amines is 1. The van der Waals surface area contributed by atoms with Crippen molar-refractivity contribution in [3.63, 3.8) is 0 Å². The lowest BCUT2D eigenvalue weighted by Crippen LogP contribution is -2.49. The maximum atomic E-state index is 12.8. The summed E-state index contributed by atoms with van der Waals surface area (Å²) >= 11 is 0. The summed E-state index contributed by atoms with van der Waals surface area (Å²) in [6.07, 6.45) is 8.52. The molecule has 1 aromatic carbocycles. The molecular weight excluding hydrogens is 416 g/mol. The molecule has 4 heterocycles. The summed E-state index contributed by atoms with van der Waals surface area (Å²) in [5.41, 5.74) is 3.76. The number of carbonyl (C=O) groups is 1. The molecule has 2 aromatic heterocycles. The Balaban J connectivity index is 1.20. The molecule has 2 aliphatic rings. The van der Waals surface area contributed by atoms with E-state index in [1.807, 2.05) is 9.47 Å². The highest BCUT2D eigenvalue weighted by molar-refractivity contribution is 5.93. The van der Waals surface area contributed by atoms with Gasteiger partial charge in [-0.3, -0.25) is 9.36 Å². The first-order valence-corrected chi connectivity index (χ1v) is 12.0. The Morgan fingerprint density at radius 2 is 1.67 bits per heavy atom. The molecule has 0 radical (unpaired) electrons. The van der Waals surface area contributed by atoms with Crippen molar-refractivity contribution in [3.8, 4) is 0 Å². The van der Waals surface area contributed by atoms with Crippen molar-refractivity contribution in [1.29, 1.82) is 0 Å². The second-order valence-corrected chi connectivity index (χ2v) is 9.65. The van der Waals surface area contributed by atoms with Gasteiger partial charge >= 0.3 is 5.69 Å². The number of fused-ring (bicyclic) bond motifs is 1. The SMILES string of the molecule is CC(C)c1ccc2c(c1)[nH]c(=O)n2C1CCN(C2CCN(C(=O)c3cncnc3)CC2)CC1. The third-order valence-corrected chi connectivity index (χ3v) is 7.35. The Kier molecular flexibility index (Phi) is 6.01. The van der Waals surface area contributed by atoms with Crippen LogP contribution < -0.4 is 5.69 Å². The highest BCUT2D eigenvalue weighted by atomic mass is 16.2. The zero-order chi connectivity index (χ0) is 22.9. The minimum absolute atomic E-state index is 0.000989. The number of nitrogens with one attached hydrogen (secondary N) is 1. The minimum atomic E-state index is 0.000989. The normalized spacial score (nSPS) is 18.9. The van der Waals surface area contributed by atoms with Crippen LogP contribution in [0.25, 0.3) is 11.0 Å². The van der Waals surface area contributed by atoms with Gasteiger partial charge in [-0.2, -0.15) is 0 Å². The fraction of sp³-hybridized carbons (Fsp3) is 0.520. The molecule has 0 aliphatic carbocycles. The van der Waals surface area contributed by atoms with Crippen LogP contribution in [0, 0.1) is 0 Å². The van der Waals surface area contributed by atoms with Gasteiger partial charge in [0.05, 0.1) is 16.6 Å². The van der Waals surface area contributed by atoms with E-state index in [1.165, 1.54) is 11.9 Å². The van der Waals surface area contributed by atoms with Crippen LogP contribution in [0.5, 0.6) is 0 Å². The van der Waals surface area contributed by atoms with E-state index in [2.05, 4.69) is 51.9 Å². The summed E-state index contributed by atoms with van der Waals surface area (Å²) in [6.45, 7) is 7.83. The molecule has 5 rings (SSSR count). The van der Waals surface area contributed by atoms with Gasteiger partial charge in [0.2, 0.25) is 0 Å². The molecule has 0 bridgehead atoms. The number of rotatable bonds is 4. The van der Waals surface area contributed by atoms with Gasteiger partial charge in [0.1, 0.15) is 6.33 Å². The first kappa shape index (κ1) is 21.8. The molecule has 0 spiro atoms. The molecule has 0 saturated carbocycles.